The number of amides is 1. The molecule has 0 bridgehead atoms. The van der Waals surface area contributed by atoms with E-state index in [1.165, 1.54) is 0 Å². The molecule has 1 aromatic rings. The van der Waals surface area contributed by atoms with Crippen LogP contribution in [0.15, 0.2) is 24.4 Å². The molecular formula is C12H19N3O2. The van der Waals surface area contributed by atoms with Gasteiger partial charge in [-0.2, -0.15) is 0 Å². The molecule has 0 aliphatic rings. The monoisotopic (exact) mass is 237 g/mol. The number of methoxy groups -OCH3 is 1. The van der Waals surface area contributed by atoms with Gasteiger partial charge in [-0.05, 0) is 25.1 Å². The predicted molar refractivity (Wildman–Crippen MR) is 65.7 cm³/mol. The Labute approximate surface area is 102 Å². The van der Waals surface area contributed by atoms with Crippen LogP contribution in [0.3, 0.4) is 0 Å². The van der Waals surface area contributed by atoms with Gasteiger partial charge in [-0.25, -0.2) is 0 Å². The van der Waals surface area contributed by atoms with Crippen molar-refractivity contribution in [2.24, 2.45) is 5.73 Å². The zero-order valence-corrected chi connectivity index (χ0v) is 10.1. The van der Waals surface area contributed by atoms with E-state index in [4.69, 9.17) is 10.5 Å². The second-order valence-corrected chi connectivity index (χ2v) is 3.64. The fourth-order valence-electron chi connectivity index (χ4n) is 1.45. The van der Waals surface area contributed by atoms with E-state index >= 15 is 0 Å². The molecule has 0 spiro atoms. The molecule has 0 aliphatic heterocycles. The first-order valence-corrected chi connectivity index (χ1v) is 5.69. The summed E-state index contributed by atoms with van der Waals surface area (Å²) in [6.07, 6.45) is 2.40. The van der Waals surface area contributed by atoms with Gasteiger partial charge in [-0.3, -0.25) is 9.78 Å². The Bertz CT molecular complexity index is 322. The van der Waals surface area contributed by atoms with Gasteiger partial charge in [0, 0.05) is 26.4 Å². The summed E-state index contributed by atoms with van der Waals surface area (Å²) in [5.41, 5.74) is 5.92. The van der Waals surface area contributed by atoms with Gasteiger partial charge in [-0.1, -0.05) is 6.07 Å². The fourth-order valence-corrected chi connectivity index (χ4v) is 1.45. The lowest BCUT2D eigenvalue weighted by molar-refractivity contribution is 0.0689. The van der Waals surface area contributed by atoms with Crippen molar-refractivity contribution < 1.29 is 9.53 Å². The van der Waals surface area contributed by atoms with Crippen molar-refractivity contribution in [2.45, 2.75) is 6.42 Å². The molecular weight excluding hydrogens is 218 g/mol. The van der Waals surface area contributed by atoms with Gasteiger partial charge >= 0.3 is 0 Å². The number of hydrogen-bond donors (Lipinski definition) is 1. The third-order valence-corrected chi connectivity index (χ3v) is 2.37. The molecule has 1 amide bonds. The topological polar surface area (TPSA) is 68.5 Å². The van der Waals surface area contributed by atoms with Crippen LogP contribution < -0.4 is 5.73 Å². The quantitative estimate of drug-likeness (QED) is 0.750. The van der Waals surface area contributed by atoms with E-state index in [-0.39, 0.29) is 5.91 Å². The standard InChI is InChI=1S/C12H19N3O2/c1-17-10-9-15(8-4-6-13)12(16)11-5-2-3-7-14-11/h2-3,5,7H,4,6,8-10,13H2,1H3. The first kappa shape index (κ1) is 13.6. The summed E-state index contributed by atoms with van der Waals surface area (Å²) < 4.78 is 4.99. The van der Waals surface area contributed by atoms with Gasteiger partial charge in [0.25, 0.3) is 5.91 Å². The number of hydrogen-bond acceptors (Lipinski definition) is 4. The predicted octanol–water partition coefficient (Wildman–Crippen LogP) is 0.519. The Hall–Kier alpha value is -1.46. The average molecular weight is 237 g/mol. The highest BCUT2D eigenvalue weighted by molar-refractivity contribution is 5.92. The van der Waals surface area contributed by atoms with Crippen LogP contribution in [0.5, 0.6) is 0 Å². The Morgan fingerprint density at radius 2 is 2.29 bits per heavy atom. The molecule has 0 aliphatic carbocycles. The van der Waals surface area contributed by atoms with Crippen LogP contribution in [-0.2, 0) is 4.74 Å². The van der Waals surface area contributed by atoms with Crippen LogP contribution in [-0.4, -0.2) is 49.1 Å². The number of rotatable bonds is 7. The summed E-state index contributed by atoms with van der Waals surface area (Å²) in [5.74, 6) is -0.0731. The van der Waals surface area contributed by atoms with Crippen LogP contribution in [0.4, 0.5) is 0 Å². The van der Waals surface area contributed by atoms with Gasteiger partial charge in [0.1, 0.15) is 5.69 Å². The van der Waals surface area contributed by atoms with Crippen LogP contribution >= 0.6 is 0 Å². The zero-order chi connectivity index (χ0) is 12.5. The Morgan fingerprint density at radius 3 is 2.88 bits per heavy atom. The highest BCUT2D eigenvalue weighted by Gasteiger charge is 2.15. The SMILES string of the molecule is COCCN(CCCN)C(=O)c1ccccn1. The van der Waals surface area contributed by atoms with Crippen molar-refractivity contribution in [2.75, 3.05) is 33.4 Å². The lowest BCUT2D eigenvalue weighted by Crippen LogP contribution is -2.36. The maximum absolute atomic E-state index is 12.1. The van der Waals surface area contributed by atoms with Crippen molar-refractivity contribution in [1.82, 2.24) is 9.88 Å². The highest BCUT2D eigenvalue weighted by Crippen LogP contribution is 2.02. The summed E-state index contributed by atoms with van der Waals surface area (Å²) in [7, 11) is 1.62. The van der Waals surface area contributed by atoms with Gasteiger partial charge in [-0.15, -0.1) is 0 Å². The molecule has 0 radical (unpaired) electrons. The first-order valence-electron chi connectivity index (χ1n) is 5.69. The molecule has 0 saturated heterocycles. The normalized spacial score (nSPS) is 10.2. The molecule has 0 saturated carbocycles. The molecule has 0 aromatic carbocycles. The van der Waals surface area contributed by atoms with Crippen LogP contribution in [0.1, 0.15) is 16.9 Å². The van der Waals surface area contributed by atoms with Crippen LogP contribution in [0.2, 0.25) is 0 Å². The number of nitrogens with two attached hydrogens (primary N) is 1. The van der Waals surface area contributed by atoms with Crippen molar-refractivity contribution >= 4 is 5.91 Å². The molecule has 1 heterocycles. The van der Waals surface area contributed by atoms with E-state index in [1.807, 2.05) is 0 Å². The van der Waals surface area contributed by atoms with Gasteiger partial charge in [0.05, 0.1) is 6.61 Å². The lowest BCUT2D eigenvalue weighted by Gasteiger charge is -2.21. The maximum atomic E-state index is 12.1. The largest absolute Gasteiger partial charge is 0.383 e. The third kappa shape index (κ3) is 4.50. The van der Waals surface area contributed by atoms with Crippen LogP contribution in [0, 0.1) is 0 Å². The minimum absolute atomic E-state index is 0.0731. The van der Waals surface area contributed by atoms with Gasteiger partial charge < -0.3 is 15.4 Å². The smallest absolute Gasteiger partial charge is 0.272 e. The number of carbonyl (C=O) groups excluding carboxylic acids is 1. The molecule has 0 fully saturated rings. The van der Waals surface area contributed by atoms with E-state index in [2.05, 4.69) is 4.98 Å². The molecule has 1 rings (SSSR count). The number of ether oxygens (including phenoxy) is 1. The number of aromatic nitrogens is 1. The molecule has 17 heavy (non-hydrogen) atoms. The molecule has 0 unspecified atom stereocenters. The Morgan fingerprint density at radius 1 is 1.47 bits per heavy atom. The van der Waals surface area contributed by atoms with Gasteiger partial charge in [0.2, 0.25) is 0 Å². The van der Waals surface area contributed by atoms with Crippen LogP contribution in [0.25, 0.3) is 0 Å². The average Bonchev–Trinajstić information content (AvgIpc) is 2.39. The minimum atomic E-state index is -0.0731. The number of pyridine rings is 1. The Kier molecular flexibility index (Phi) is 6.21. The maximum Gasteiger partial charge on any atom is 0.272 e. The van der Waals surface area contributed by atoms with Gasteiger partial charge in [0.15, 0.2) is 0 Å². The molecule has 5 heteroatoms. The molecule has 2 N–H and O–H groups in total. The van der Waals surface area contributed by atoms with Crippen molar-refractivity contribution in [1.29, 1.82) is 0 Å². The summed E-state index contributed by atoms with van der Waals surface area (Å²) >= 11 is 0. The highest BCUT2D eigenvalue weighted by atomic mass is 16.5. The number of nitrogens with zero attached hydrogens (tertiary/aromatic N) is 2. The van der Waals surface area contributed by atoms with Crippen molar-refractivity contribution in [3.8, 4) is 0 Å². The second kappa shape index (κ2) is 7.76. The van der Waals surface area contributed by atoms with E-state index in [0.717, 1.165) is 6.42 Å². The summed E-state index contributed by atoms with van der Waals surface area (Å²) in [4.78, 5) is 17.9. The second-order valence-electron chi connectivity index (χ2n) is 3.64. The zero-order valence-electron chi connectivity index (χ0n) is 10.1. The first-order chi connectivity index (χ1) is 8.29. The van der Waals surface area contributed by atoms with Crippen molar-refractivity contribution in [3.63, 3.8) is 0 Å². The summed E-state index contributed by atoms with van der Waals surface area (Å²) in [6.45, 7) is 2.28. The Balaban J connectivity index is 2.64. The van der Waals surface area contributed by atoms with E-state index in [0.29, 0.717) is 31.9 Å². The third-order valence-electron chi connectivity index (χ3n) is 2.37. The number of carbonyl (C=O) groups is 1. The summed E-state index contributed by atoms with van der Waals surface area (Å²) in [6, 6.07) is 5.30. The fraction of sp³-hybridized carbons (Fsp3) is 0.500. The minimum Gasteiger partial charge on any atom is -0.383 e. The van der Waals surface area contributed by atoms with E-state index < -0.39 is 0 Å². The molecule has 0 atom stereocenters. The molecule has 94 valence electrons. The molecule has 1 aromatic heterocycles. The van der Waals surface area contributed by atoms with E-state index in [1.54, 1.807) is 36.4 Å². The van der Waals surface area contributed by atoms with Crippen molar-refractivity contribution in [3.05, 3.63) is 30.1 Å². The summed E-state index contributed by atoms with van der Waals surface area (Å²) in [5, 5.41) is 0. The van der Waals surface area contributed by atoms with E-state index in [9.17, 15) is 4.79 Å². The molecule has 5 nitrogen and oxygen atoms in total. The lowest BCUT2D eigenvalue weighted by atomic mass is 10.3.